The molecule has 1 aliphatic rings. The zero-order valence-corrected chi connectivity index (χ0v) is 8.10. The van der Waals surface area contributed by atoms with Crippen LogP contribution in [0.1, 0.15) is 33.1 Å². The van der Waals surface area contributed by atoms with Crippen LogP contribution in [0.25, 0.3) is 0 Å². The van der Waals surface area contributed by atoms with E-state index in [1.807, 2.05) is 0 Å². The van der Waals surface area contributed by atoms with Crippen molar-refractivity contribution in [3.05, 3.63) is 0 Å². The predicted molar refractivity (Wildman–Crippen MR) is 48.1 cm³/mol. The Morgan fingerprint density at radius 3 is 2.64 bits per heavy atom. The maximum Gasteiger partial charge on any atom is 0.0519 e. The summed E-state index contributed by atoms with van der Waals surface area (Å²) in [6.07, 6.45) is 3.94. The minimum absolute atomic E-state index is 0.365. The first-order chi connectivity index (χ1) is 5.18. The monoisotopic (exact) mass is 176 g/mol. The highest BCUT2D eigenvalue weighted by atomic mass is 35.5. The maximum atomic E-state index is 5.97. The molecule has 0 radical (unpaired) electrons. The average molecular weight is 177 g/mol. The van der Waals surface area contributed by atoms with Gasteiger partial charge in [0.2, 0.25) is 0 Å². The molecule has 0 spiro atoms. The van der Waals surface area contributed by atoms with Crippen molar-refractivity contribution in [2.45, 2.75) is 44.6 Å². The second-order valence-electron chi connectivity index (χ2n) is 3.66. The molecule has 0 saturated heterocycles. The van der Waals surface area contributed by atoms with Crippen LogP contribution in [0.5, 0.6) is 0 Å². The van der Waals surface area contributed by atoms with Crippen LogP contribution in [0.4, 0.5) is 0 Å². The molecular weight excluding hydrogens is 160 g/mol. The molecule has 0 aromatic heterocycles. The lowest BCUT2D eigenvalue weighted by Gasteiger charge is -2.12. The van der Waals surface area contributed by atoms with E-state index in [1.165, 1.54) is 12.8 Å². The summed E-state index contributed by atoms with van der Waals surface area (Å²) in [6.45, 7) is 5.06. The molecule has 0 heterocycles. The summed E-state index contributed by atoms with van der Waals surface area (Å²) in [5.41, 5.74) is 0. The molecule has 1 saturated carbocycles. The fourth-order valence-electron chi connectivity index (χ4n) is 1.49. The molecule has 66 valence electrons. The van der Waals surface area contributed by atoms with Gasteiger partial charge in [-0.25, -0.2) is 0 Å². The Labute approximate surface area is 74.1 Å². The van der Waals surface area contributed by atoms with Gasteiger partial charge in [0, 0.05) is 12.0 Å². The minimum atomic E-state index is 0.365. The molecule has 2 atom stereocenters. The van der Waals surface area contributed by atoms with Crippen molar-refractivity contribution in [1.82, 2.24) is 0 Å². The molecule has 11 heavy (non-hydrogen) atoms. The topological polar surface area (TPSA) is 9.23 Å². The van der Waals surface area contributed by atoms with Crippen molar-refractivity contribution in [2.24, 2.45) is 5.92 Å². The third kappa shape index (κ3) is 3.44. The Balaban J connectivity index is 2.08. The first-order valence-corrected chi connectivity index (χ1v) is 4.87. The van der Waals surface area contributed by atoms with Gasteiger partial charge in [0.25, 0.3) is 0 Å². The van der Waals surface area contributed by atoms with E-state index in [0.717, 1.165) is 18.9 Å². The average Bonchev–Trinajstić information content (AvgIpc) is 2.31. The Bertz CT molecular complexity index is 114. The van der Waals surface area contributed by atoms with Crippen molar-refractivity contribution in [2.75, 3.05) is 6.61 Å². The smallest absolute Gasteiger partial charge is 0.0519 e. The Morgan fingerprint density at radius 2 is 2.18 bits per heavy atom. The van der Waals surface area contributed by atoms with Crippen molar-refractivity contribution < 1.29 is 4.74 Å². The van der Waals surface area contributed by atoms with Crippen LogP contribution < -0.4 is 0 Å². The van der Waals surface area contributed by atoms with E-state index < -0.39 is 0 Å². The van der Waals surface area contributed by atoms with Gasteiger partial charge in [0.1, 0.15) is 0 Å². The van der Waals surface area contributed by atoms with Crippen LogP contribution in [0.15, 0.2) is 0 Å². The quantitative estimate of drug-likeness (QED) is 0.601. The van der Waals surface area contributed by atoms with Crippen LogP contribution in [0.3, 0.4) is 0 Å². The summed E-state index contributed by atoms with van der Waals surface area (Å²) in [6, 6.07) is 0. The van der Waals surface area contributed by atoms with Crippen LogP contribution in [-0.2, 0) is 4.74 Å². The van der Waals surface area contributed by atoms with Gasteiger partial charge >= 0.3 is 0 Å². The van der Waals surface area contributed by atoms with E-state index in [9.17, 15) is 0 Å². The molecular formula is C9H17ClO. The molecule has 0 aliphatic heterocycles. The fourth-order valence-corrected chi connectivity index (χ4v) is 1.87. The summed E-state index contributed by atoms with van der Waals surface area (Å²) >= 11 is 5.97. The van der Waals surface area contributed by atoms with Crippen molar-refractivity contribution in [3.63, 3.8) is 0 Å². The van der Waals surface area contributed by atoms with Gasteiger partial charge < -0.3 is 4.74 Å². The largest absolute Gasteiger partial charge is 0.379 e. The summed E-state index contributed by atoms with van der Waals surface area (Å²) in [4.78, 5) is 0. The summed E-state index contributed by atoms with van der Waals surface area (Å²) < 4.78 is 5.52. The van der Waals surface area contributed by atoms with E-state index in [2.05, 4.69) is 13.8 Å². The van der Waals surface area contributed by atoms with Gasteiger partial charge in [-0.2, -0.15) is 0 Å². The number of hydrogen-bond donors (Lipinski definition) is 0. The SMILES string of the molecule is CC(C)OCC1CCC(Cl)C1. The molecule has 2 unspecified atom stereocenters. The molecule has 0 aromatic carbocycles. The van der Waals surface area contributed by atoms with Gasteiger partial charge in [-0.05, 0) is 39.0 Å². The highest BCUT2D eigenvalue weighted by Gasteiger charge is 2.22. The van der Waals surface area contributed by atoms with Crippen molar-refractivity contribution in [3.8, 4) is 0 Å². The molecule has 1 nitrogen and oxygen atoms in total. The van der Waals surface area contributed by atoms with Gasteiger partial charge in [0.15, 0.2) is 0 Å². The standard InChI is InChI=1S/C9H17ClO/c1-7(2)11-6-8-3-4-9(10)5-8/h7-9H,3-6H2,1-2H3. The molecule has 1 rings (SSSR count). The Kier molecular flexibility index (Phi) is 3.67. The Morgan fingerprint density at radius 1 is 1.45 bits per heavy atom. The lowest BCUT2D eigenvalue weighted by Crippen LogP contribution is -2.11. The van der Waals surface area contributed by atoms with Crippen molar-refractivity contribution in [1.29, 1.82) is 0 Å². The molecule has 0 N–H and O–H groups in total. The number of halogens is 1. The van der Waals surface area contributed by atoms with E-state index >= 15 is 0 Å². The highest BCUT2D eigenvalue weighted by Crippen LogP contribution is 2.29. The number of hydrogen-bond acceptors (Lipinski definition) is 1. The van der Waals surface area contributed by atoms with Crippen molar-refractivity contribution >= 4 is 11.6 Å². The molecule has 1 fully saturated rings. The summed E-state index contributed by atoms with van der Waals surface area (Å²) in [5, 5.41) is 0.413. The predicted octanol–water partition coefficient (Wildman–Crippen LogP) is 2.82. The third-order valence-electron chi connectivity index (χ3n) is 2.14. The molecule has 2 heteroatoms. The summed E-state index contributed by atoms with van der Waals surface area (Å²) in [5.74, 6) is 0.722. The maximum absolute atomic E-state index is 5.97. The number of alkyl halides is 1. The minimum Gasteiger partial charge on any atom is -0.379 e. The molecule has 0 bridgehead atoms. The molecule has 0 aromatic rings. The third-order valence-corrected chi connectivity index (χ3v) is 2.54. The van der Waals surface area contributed by atoms with Gasteiger partial charge in [-0.3, -0.25) is 0 Å². The normalized spacial score (nSPS) is 31.6. The highest BCUT2D eigenvalue weighted by molar-refractivity contribution is 6.20. The number of ether oxygens (including phenoxy) is 1. The molecule has 1 aliphatic carbocycles. The van der Waals surface area contributed by atoms with E-state index in [0.29, 0.717) is 11.5 Å². The number of rotatable bonds is 3. The Hall–Kier alpha value is 0.250. The second kappa shape index (κ2) is 4.32. The van der Waals surface area contributed by atoms with E-state index in [-0.39, 0.29) is 0 Å². The van der Waals surface area contributed by atoms with Gasteiger partial charge in [0.05, 0.1) is 6.10 Å². The first kappa shape index (κ1) is 9.34. The first-order valence-electron chi connectivity index (χ1n) is 4.44. The zero-order valence-electron chi connectivity index (χ0n) is 7.35. The van der Waals surface area contributed by atoms with Crippen LogP contribution in [0, 0.1) is 5.92 Å². The fraction of sp³-hybridized carbons (Fsp3) is 1.00. The van der Waals surface area contributed by atoms with Crippen LogP contribution >= 0.6 is 11.6 Å². The summed E-state index contributed by atoms with van der Waals surface area (Å²) in [7, 11) is 0. The van der Waals surface area contributed by atoms with Crippen LogP contribution in [-0.4, -0.2) is 18.1 Å². The zero-order chi connectivity index (χ0) is 8.27. The molecule has 0 amide bonds. The van der Waals surface area contributed by atoms with Gasteiger partial charge in [-0.1, -0.05) is 0 Å². The van der Waals surface area contributed by atoms with E-state index in [4.69, 9.17) is 16.3 Å². The van der Waals surface area contributed by atoms with Gasteiger partial charge in [-0.15, -0.1) is 11.6 Å². The lowest BCUT2D eigenvalue weighted by molar-refractivity contribution is 0.0528. The second-order valence-corrected chi connectivity index (χ2v) is 4.28. The lowest BCUT2D eigenvalue weighted by atomic mass is 10.1. The van der Waals surface area contributed by atoms with E-state index in [1.54, 1.807) is 0 Å². The van der Waals surface area contributed by atoms with Crippen LogP contribution in [0.2, 0.25) is 0 Å².